The van der Waals surface area contributed by atoms with E-state index in [0.29, 0.717) is 0 Å². The molecule has 0 saturated carbocycles. The van der Waals surface area contributed by atoms with Crippen LogP contribution in [0.5, 0.6) is 11.5 Å². The third-order valence-corrected chi connectivity index (χ3v) is 6.49. The number of hydrogen-bond acceptors (Lipinski definition) is 8. The average Bonchev–Trinajstić information content (AvgIpc) is 2.86. The molecule has 0 bridgehead atoms. The normalized spacial score (nSPS) is 11.4. The summed E-state index contributed by atoms with van der Waals surface area (Å²) >= 11 is 12.3. The molecular formula is C24H17Cl2N3O7S. The predicted octanol–water partition coefficient (Wildman–Crippen LogP) is 5.61. The number of hydrogen-bond donors (Lipinski definition) is 1. The molecule has 1 N–H and O–H groups in total. The van der Waals surface area contributed by atoms with Gasteiger partial charge in [-0.25, -0.2) is 0 Å². The molecular weight excluding hydrogens is 545 g/mol. The van der Waals surface area contributed by atoms with Crippen LogP contribution in [0.15, 0.2) is 71.1 Å². The van der Waals surface area contributed by atoms with Crippen molar-refractivity contribution in [1.82, 2.24) is 0 Å². The lowest BCUT2D eigenvalue weighted by molar-refractivity contribution is -0.384. The summed E-state index contributed by atoms with van der Waals surface area (Å²) in [6, 6.07) is 15.2. The first-order valence-electron chi connectivity index (χ1n) is 10.4. The Labute approximate surface area is 221 Å². The Morgan fingerprint density at radius 1 is 1.14 bits per heavy atom. The molecule has 0 unspecified atom stereocenters. The van der Waals surface area contributed by atoms with Crippen molar-refractivity contribution < 1.29 is 27.1 Å². The van der Waals surface area contributed by atoms with E-state index in [-0.39, 0.29) is 50.0 Å². The maximum absolute atomic E-state index is 12.7. The Bertz CT molecular complexity index is 1540. The molecule has 0 saturated heterocycles. The molecule has 1 amide bonds. The average molecular weight is 562 g/mol. The molecule has 0 aliphatic carbocycles. The van der Waals surface area contributed by atoms with E-state index in [9.17, 15) is 28.6 Å². The molecule has 0 heterocycles. The van der Waals surface area contributed by atoms with Crippen LogP contribution in [-0.4, -0.2) is 25.9 Å². The molecule has 3 rings (SSSR count). The van der Waals surface area contributed by atoms with Crippen LogP contribution in [-0.2, 0) is 14.9 Å². The zero-order valence-corrected chi connectivity index (χ0v) is 21.3. The number of nitro benzene ring substituents is 1. The zero-order valence-electron chi connectivity index (χ0n) is 19.0. The summed E-state index contributed by atoms with van der Waals surface area (Å²) in [6.45, 7) is 1.78. The molecule has 0 fully saturated rings. The van der Waals surface area contributed by atoms with Crippen molar-refractivity contribution in [3.8, 4) is 17.6 Å². The number of nitro groups is 1. The number of nitrogens with one attached hydrogen (secondary N) is 1. The molecule has 3 aromatic rings. The van der Waals surface area contributed by atoms with Crippen molar-refractivity contribution in [2.75, 3.05) is 11.9 Å². The smallest absolute Gasteiger partial charge is 0.339 e. The molecule has 0 spiro atoms. The van der Waals surface area contributed by atoms with Crippen molar-refractivity contribution in [1.29, 1.82) is 5.26 Å². The van der Waals surface area contributed by atoms with Gasteiger partial charge in [-0.05, 0) is 48.9 Å². The van der Waals surface area contributed by atoms with Crippen molar-refractivity contribution in [2.24, 2.45) is 0 Å². The second-order valence-corrected chi connectivity index (χ2v) is 9.52. The number of nitriles is 1. The number of halogens is 2. The molecule has 190 valence electrons. The van der Waals surface area contributed by atoms with Gasteiger partial charge in [0.25, 0.3) is 11.6 Å². The Hall–Kier alpha value is -4.11. The highest BCUT2D eigenvalue weighted by atomic mass is 35.5. The van der Waals surface area contributed by atoms with Crippen molar-refractivity contribution in [2.45, 2.75) is 11.8 Å². The van der Waals surface area contributed by atoms with E-state index >= 15 is 0 Å². The van der Waals surface area contributed by atoms with Gasteiger partial charge in [-0.15, -0.1) is 0 Å². The van der Waals surface area contributed by atoms with Gasteiger partial charge in [-0.2, -0.15) is 13.7 Å². The highest BCUT2D eigenvalue weighted by Gasteiger charge is 2.23. The van der Waals surface area contributed by atoms with Crippen LogP contribution in [0.4, 0.5) is 11.4 Å². The van der Waals surface area contributed by atoms with Crippen LogP contribution in [0, 0.1) is 21.4 Å². The highest BCUT2D eigenvalue weighted by Crippen LogP contribution is 2.39. The van der Waals surface area contributed by atoms with E-state index in [1.165, 1.54) is 48.5 Å². The van der Waals surface area contributed by atoms with Crippen LogP contribution >= 0.6 is 23.2 Å². The summed E-state index contributed by atoms with van der Waals surface area (Å²) in [6.07, 6.45) is 1.17. The second-order valence-electron chi connectivity index (χ2n) is 7.16. The lowest BCUT2D eigenvalue weighted by atomic mass is 10.1. The van der Waals surface area contributed by atoms with Gasteiger partial charge in [-0.1, -0.05) is 41.4 Å². The number of amides is 1. The van der Waals surface area contributed by atoms with Crippen LogP contribution in [0.1, 0.15) is 12.5 Å². The Morgan fingerprint density at radius 2 is 1.84 bits per heavy atom. The van der Waals surface area contributed by atoms with Crippen molar-refractivity contribution in [3.05, 3.63) is 92.0 Å². The molecule has 37 heavy (non-hydrogen) atoms. The minimum Gasteiger partial charge on any atom is -0.490 e. The highest BCUT2D eigenvalue weighted by molar-refractivity contribution is 7.87. The lowest BCUT2D eigenvalue weighted by Crippen LogP contribution is -2.14. The van der Waals surface area contributed by atoms with Gasteiger partial charge in [0.15, 0.2) is 5.75 Å². The van der Waals surface area contributed by atoms with Gasteiger partial charge in [-0.3, -0.25) is 14.9 Å². The molecule has 0 aliphatic rings. The fourth-order valence-electron chi connectivity index (χ4n) is 2.99. The van der Waals surface area contributed by atoms with Gasteiger partial charge >= 0.3 is 10.1 Å². The third-order valence-electron chi connectivity index (χ3n) is 4.64. The number of carbonyl (C=O) groups excluding carboxylic acids is 1. The first-order chi connectivity index (χ1) is 17.6. The number of rotatable bonds is 9. The molecule has 0 aliphatic heterocycles. The first-order valence-corrected chi connectivity index (χ1v) is 12.5. The minimum absolute atomic E-state index is 0.0269. The molecule has 13 heteroatoms. The Kier molecular flexibility index (Phi) is 8.73. The van der Waals surface area contributed by atoms with Gasteiger partial charge in [0.05, 0.1) is 27.3 Å². The largest absolute Gasteiger partial charge is 0.490 e. The fourth-order valence-corrected chi connectivity index (χ4v) is 4.43. The van der Waals surface area contributed by atoms with E-state index in [2.05, 4.69) is 5.32 Å². The minimum atomic E-state index is -4.24. The number of benzene rings is 3. The van der Waals surface area contributed by atoms with E-state index in [4.69, 9.17) is 32.1 Å². The number of carbonyl (C=O) groups is 1. The summed E-state index contributed by atoms with van der Waals surface area (Å²) < 4.78 is 36.1. The van der Waals surface area contributed by atoms with Crippen molar-refractivity contribution in [3.63, 3.8) is 0 Å². The topological polar surface area (TPSA) is 149 Å². The lowest BCUT2D eigenvalue weighted by Gasteiger charge is -2.14. The maximum atomic E-state index is 12.7. The molecule has 0 atom stereocenters. The Balaban J connectivity index is 1.95. The summed E-state index contributed by atoms with van der Waals surface area (Å²) in [4.78, 5) is 22.9. The number of anilines is 1. The van der Waals surface area contributed by atoms with Crippen LogP contribution in [0.3, 0.4) is 0 Å². The van der Waals surface area contributed by atoms with E-state index in [1.54, 1.807) is 19.1 Å². The molecule has 0 radical (unpaired) electrons. The maximum Gasteiger partial charge on any atom is 0.339 e. The van der Waals surface area contributed by atoms with E-state index in [1.807, 2.05) is 0 Å². The number of ether oxygens (including phenoxy) is 1. The number of nitrogens with zero attached hydrogens (tertiary/aromatic N) is 2. The predicted molar refractivity (Wildman–Crippen MR) is 137 cm³/mol. The van der Waals surface area contributed by atoms with Gasteiger partial charge in [0.2, 0.25) is 5.75 Å². The quantitative estimate of drug-likeness (QED) is 0.116. The van der Waals surface area contributed by atoms with Gasteiger partial charge in [0, 0.05) is 12.1 Å². The first kappa shape index (κ1) is 27.5. The van der Waals surface area contributed by atoms with Gasteiger partial charge in [0.1, 0.15) is 16.5 Å². The van der Waals surface area contributed by atoms with Gasteiger partial charge < -0.3 is 14.2 Å². The Morgan fingerprint density at radius 3 is 2.46 bits per heavy atom. The second kappa shape index (κ2) is 11.7. The molecule has 10 nitrogen and oxygen atoms in total. The fraction of sp³-hybridized carbons (Fsp3) is 0.0833. The van der Waals surface area contributed by atoms with Crippen molar-refractivity contribution >= 4 is 56.7 Å². The van der Waals surface area contributed by atoms with Crippen LogP contribution < -0.4 is 14.2 Å². The summed E-state index contributed by atoms with van der Waals surface area (Å²) in [5, 5.41) is 22.8. The summed E-state index contributed by atoms with van der Waals surface area (Å²) in [7, 11) is -4.24. The molecule has 0 aromatic heterocycles. The summed E-state index contributed by atoms with van der Waals surface area (Å²) in [5.74, 6) is -1.21. The third kappa shape index (κ3) is 6.77. The zero-order chi connectivity index (χ0) is 27.2. The van der Waals surface area contributed by atoms with Crippen LogP contribution in [0.2, 0.25) is 10.0 Å². The van der Waals surface area contributed by atoms with E-state index < -0.39 is 26.5 Å². The summed E-state index contributed by atoms with van der Waals surface area (Å²) in [5.41, 5.74) is -0.553. The molecule has 3 aromatic carbocycles. The monoisotopic (exact) mass is 561 g/mol. The SMILES string of the molecule is CCOc1cc(/C=C(\C#N)C(=O)Nc2cc([N+](=O)[O-])ccc2Cl)cc(Cl)c1OS(=O)(=O)c1ccccc1. The number of non-ortho nitro benzene ring substituents is 1. The van der Waals surface area contributed by atoms with E-state index in [0.717, 1.165) is 12.1 Å². The van der Waals surface area contributed by atoms with Crippen LogP contribution in [0.25, 0.3) is 6.08 Å². The standard InChI is InChI=1S/C24H17Cl2N3O7S/c1-2-35-22-12-15(11-20(26)23(22)36-37(33,34)18-6-4-3-5-7-18)10-16(14-27)24(30)28-21-13-17(29(31)32)8-9-19(21)25/h3-13H,2H2,1H3,(H,28,30)/b16-10+.